The summed E-state index contributed by atoms with van der Waals surface area (Å²) in [6.07, 6.45) is 3.91. The summed E-state index contributed by atoms with van der Waals surface area (Å²) in [6, 6.07) is 7.10. The van der Waals surface area contributed by atoms with Gasteiger partial charge in [-0.05, 0) is 43.9 Å². The van der Waals surface area contributed by atoms with Gasteiger partial charge < -0.3 is 15.0 Å². The minimum atomic E-state index is 0.276. The lowest BCUT2D eigenvalue weighted by atomic mass is 10.0. The molecule has 0 amide bonds. The van der Waals surface area contributed by atoms with Gasteiger partial charge in [0.15, 0.2) is 0 Å². The van der Waals surface area contributed by atoms with Gasteiger partial charge in [0.1, 0.15) is 5.82 Å². The second-order valence-corrected chi connectivity index (χ2v) is 6.07. The molecule has 106 valence electrons. The van der Waals surface area contributed by atoms with Crippen LogP contribution in [0.15, 0.2) is 18.2 Å². The topological polar surface area (TPSA) is 53.1 Å². The maximum Gasteiger partial charge on any atom is 0.115 e. The smallest absolute Gasteiger partial charge is 0.115 e. The summed E-state index contributed by atoms with van der Waals surface area (Å²) >= 11 is 0. The van der Waals surface area contributed by atoms with Crippen LogP contribution in [0.2, 0.25) is 0 Å². The van der Waals surface area contributed by atoms with Gasteiger partial charge in [0.2, 0.25) is 0 Å². The first-order chi connectivity index (χ1) is 9.78. The van der Waals surface area contributed by atoms with Crippen molar-refractivity contribution in [3.8, 4) is 0 Å². The maximum absolute atomic E-state index is 5.75. The molecule has 1 aliphatic heterocycles. The molecule has 1 saturated heterocycles. The molecule has 2 heterocycles. The zero-order chi connectivity index (χ0) is 13.7. The highest BCUT2D eigenvalue weighted by molar-refractivity contribution is 5.77. The third-order valence-corrected chi connectivity index (χ3v) is 4.64. The predicted octanol–water partition coefficient (Wildman–Crippen LogP) is 2.72. The van der Waals surface area contributed by atoms with E-state index in [0.29, 0.717) is 18.5 Å². The zero-order valence-electron chi connectivity index (χ0n) is 11.9. The molecule has 4 heteroatoms. The summed E-state index contributed by atoms with van der Waals surface area (Å²) in [5, 5.41) is 0. The fourth-order valence-electron chi connectivity index (χ4n) is 3.34. The summed E-state index contributed by atoms with van der Waals surface area (Å²) in [7, 11) is 0. The van der Waals surface area contributed by atoms with Crippen LogP contribution in [0, 0.1) is 0 Å². The third kappa shape index (κ3) is 1.86. The van der Waals surface area contributed by atoms with Gasteiger partial charge in [0, 0.05) is 25.1 Å². The first-order valence-corrected chi connectivity index (χ1v) is 7.60. The number of aromatic nitrogens is 2. The molecule has 1 aliphatic carbocycles. The van der Waals surface area contributed by atoms with Crippen molar-refractivity contribution in [2.75, 3.05) is 6.61 Å². The largest absolute Gasteiger partial charge is 0.378 e. The second-order valence-electron chi connectivity index (χ2n) is 6.07. The molecule has 2 fully saturated rings. The van der Waals surface area contributed by atoms with E-state index in [2.05, 4.69) is 29.7 Å². The quantitative estimate of drug-likeness (QED) is 0.934. The maximum atomic E-state index is 5.75. The van der Waals surface area contributed by atoms with E-state index in [9.17, 15) is 0 Å². The van der Waals surface area contributed by atoms with Crippen LogP contribution in [0.25, 0.3) is 11.0 Å². The number of benzene rings is 1. The molecule has 2 atom stereocenters. The molecule has 0 spiro atoms. The minimum absolute atomic E-state index is 0.276. The van der Waals surface area contributed by atoms with E-state index < -0.39 is 0 Å². The first-order valence-electron chi connectivity index (χ1n) is 7.60. The van der Waals surface area contributed by atoms with Gasteiger partial charge in [-0.3, -0.25) is 0 Å². The van der Waals surface area contributed by atoms with Gasteiger partial charge in [-0.15, -0.1) is 0 Å². The van der Waals surface area contributed by atoms with Crippen LogP contribution in [0.3, 0.4) is 0 Å². The van der Waals surface area contributed by atoms with E-state index in [1.54, 1.807) is 0 Å². The SMILES string of the molecule is CC1OCCC1c1nc2cc(CN)ccc2n1C1CC1. The fraction of sp³-hybridized carbons (Fsp3) is 0.562. The number of rotatable bonds is 3. The van der Waals surface area contributed by atoms with Gasteiger partial charge in [0.25, 0.3) is 0 Å². The lowest BCUT2D eigenvalue weighted by molar-refractivity contribution is 0.117. The van der Waals surface area contributed by atoms with E-state index in [1.807, 2.05) is 0 Å². The number of fused-ring (bicyclic) bond motifs is 1. The van der Waals surface area contributed by atoms with Gasteiger partial charge in [-0.2, -0.15) is 0 Å². The number of hydrogen-bond acceptors (Lipinski definition) is 3. The molecule has 2 aromatic rings. The van der Waals surface area contributed by atoms with Crippen molar-refractivity contribution in [1.82, 2.24) is 9.55 Å². The molecule has 1 aromatic heterocycles. The van der Waals surface area contributed by atoms with Crippen molar-refractivity contribution in [2.24, 2.45) is 5.73 Å². The van der Waals surface area contributed by atoms with Crippen LogP contribution >= 0.6 is 0 Å². The van der Waals surface area contributed by atoms with E-state index in [0.717, 1.165) is 24.1 Å². The number of nitrogens with zero attached hydrogens (tertiary/aromatic N) is 2. The Kier molecular flexibility index (Phi) is 2.82. The molecular formula is C16H21N3O. The molecular weight excluding hydrogens is 250 g/mol. The van der Waals surface area contributed by atoms with Crippen molar-refractivity contribution >= 4 is 11.0 Å². The average molecular weight is 271 g/mol. The normalized spacial score (nSPS) is 26.5. The van der Waals surface area contributed by atoms with E-state index in [4.69, 9.17) is 15.5 Å². The van der Waals surface area contributed by atoms with E-state index in [-0.39, 0.29) is 6.10 Å². The Morgan fingerprint density at radius 1 is 1.35 bits per heavy atom. The fourth-order valence-corrected chi connectivity index (χ4v) is 3.34. The minimum Gasteiger partial charge on any atom is -0.378 e. The standard InChI is InChI=1S/C16H21N3O/c1-10-13(6-7-20-10)16-18-14-8-11(9-17)2-5-15(14)19(16)12-3-4-12/h2,5,8,10,12-13H,3-4,6-7,9,17H2,1H3. The van der Waals surface area contributed by atoms with Crippen LogP contribution < -0.4 is 5.73 Å². The Balaban J connectivity index is 1.88. The monoisotopic (exact) mass is 271 g/mol. The van der Waals surface area contributed by atoms with Crippen LogP contribution in [0.5, 0.6) is 0 Å². The number of ether oxygens (including phenoxy) is 1. The Labute approximate surface area is 118 Å². The number of nitrogens with two attached hydrogens (primary N) is 1. The van der Waals surface area contributed by atoms with Crippen molar-refractivity contribution in [2.45, 2.75) is 50.8 Å². The summed E-state index contributed by atoms with van der Waals surface area (Å²) in [5.41, 5.74) is 9.25. The molecule has 20 heavy (non-hydrogen) atoms. The van der Waals surface area contributed by atoms with Crippen LogP contribution in [-0.2, 0) is 11.3 Å². The lowest BCUT2D eigenvalue weighted by Crippen LogP contribution is -2.15. The van der Waals surface area contributed by atoms with Crippen LogP contribution in [0.1, 0.15) is 49.5 Å². The first kappa shape index (κ1) is 12.4. The average Bonchev–Trinajstić information content (AvgIpc) is 3.10. The van der Waals surface area contributed by atoms with Crippen LogP contribution in [-0.4, -0.2) is 22.3 Å². The molecule has 2 aliphatic rings. The third-order valence-electron chi connectivity index (χ3n) is 4.64. The van der Waals surface area contributed by atoms with Gasteiger partial charge >= 0.3 is 0 Å². The molecule has 2 unspecified atom stereocenters. The van der Waals surface area contributed by atoms with E-state index in [1.165, 1.54) is 24.2 Å². The van der Waals surface area contributed by atoms with Crippen molar-refractivity contribution in [3.05, 3.63) is 29.6 Å². The summed E-state index contributed by atoms with van der Waals surface area (Å²) in [5.74, 6) is 1.66. The molecule has 4 nitrogen and oxygen atoms in total. The van der Waals surface area contributed by atoms with Gasteiger partial charge in [0.05, 0.1) is 17.1 Å². The summed E-state index contributed by atoms with van der Waals surface area (Å²) in [4.78, 5) is 4.94. The van der Waals surface area contributed by atoms with E-state index >= 15 is 0 Å². The van der Waals surface area contributed by atoms with Crippen molar-refractivity contribution in [1.29, 1.82) is 0 Å². The number of hydrogen-bond donors (Lipinski definition) is 1. The Bertz CT molecular complexity index is 644. The zero-order valence-corrected chi connectivity index (χ0v) is 11.9. The summed E-state index contributed by atoms with van der Waals surface area (Å²) < 4.78 is 8.21. The summed E-state index contributed by atoms with van der Waals surface area (Å²) in [6.45, 7) is 3.60. The molecule has 1 aromatic carbocycles. The van der Waals surface area contributed by atoms with Crippen molar-refractivity contribution < 1.29 is 4.74 Å². The molecule has 2 N–H and O–H groups in total. The Morgan fingerprint density at radius 2 is 2.20 bits per heavy atom. The van der Waals surface area contributed by atoms with Crippen LogP contribution in [0.4, 0.5) is 0 Å². The van der Waals surface area contributed by atoms with Crippen molar-refractivity contribution in [3.63, 3.8) is 0 Å². The lowest BCUT2D eigenvalue weighted by Gasteiger charge is -2.16. The molecule has 0 radical (unpaired) electrons. The highest BCUT2D eigenvalue weighted by atomic mass is 16.5. The Morgan fingerprint density at radius 3 is 2.85 bits per heavy atom. The predicted molar refractivity (Wildman–Crippen MR) is 78.7 cm³/mol. The highest BCUT2D eigenvalue weighted by Gasteiger charge is 2.35. The van der Waals surface area contributed by atoms with Gasteiger partial charge in [-0.1, -0.05) is 6.07 Å². The molecule has 0 bridgehead atoms. The molecule has 4 rings (SSSR count). The number of imidazole rings is 1. The van der Waals surface area contributed by atoms with Gasteiger partial charge in [-0.25, -0.2) is 4.98 Å². The highest BCUT2D eigenvalue weighted by Crippen LogP contribution is 2.42. The molecule has 1 saturated carbocycles. The Hall–Kier alpha value is -1.39. The second kappa shape index (κ2) is 4.57.